The molecule has 3 rings (SSSR count). The highest BCUT2D eigenvalue weighted by Gasteiger charge is 2.43. The lowest BCUT2D eigenvalue weighted by atomic mass is 9.93. The minimum Gasteiger partial charge on any atom is -0.445 e. The molecule has 25 heavy (non-hydrogen) atoms. The summed E-state index contributed by atoms with van der Waals surface area (Å²) < 4.78 is 5.14. The minimum atomic E-state index is -0.547. The Kier molecular flexibility index (Phi) is 5.08. The number of hydrogen-bond donors (Lipinski definition) is 1. The Labute approximate surface area is 150 Å². The number of nitrogens with one attached hydrogen (secondary N) is 1. The van der Waals surface area contributed by atoms with Crippen LogP contribution in [0.1, 0.15) is 31.7 Å². The summed E-state index contributed by atoms with van der Waals surface area (Å²) in [5.74, 6) is -0.694. The number of benzene rings is 1. The fourth-order valence-corrected chi connectivity index (χ4v) is 3.55. The molecule has 1 N–H and O–H groups in total. The van der Waals surface area contributed by atoms with Gasteiger partial charge in [-0.05, 0) is 32.3 Å². The van der Waals surface area contributed by atoms with Gasteiger partial charge in [0.15, 0.2) is 0 Å². The maximum absolute atomic E-state index is 12.8. The average molecular weight is 363 g/mol. The highest BCUT2D eigenvalue weighted by molar-refractivity contribution is 6.38. The molecule has 0 saturated carbocycles. The maximum Gasteiger partial charge on any atom is 0.407 e. The summed E-state index contributed by atoms with van der Waals surface area (Å²) in [5.41, 5.74) is 1.94. The number of rotatable bonds is 4. The van der Waals surface area contributed by atoms with E-state index in [1.807, 2.05) is 0 Å². The molecule has 0 aromatic heterocycles. The van der Waals surface area contributed by atoms with E-state index in [4.69, 9.17) is 16.3 Å². The van der Waals surface area contributed by atoms with Crippen LogP contribution in [0.5, 0.6) is 0 Å². The number of carbonyl (C=O) groups excluding carboxylic acids is 3. The van der Waals surface area contributed by atoms with Crippen LogP contribution < -0.4 is 10.2 Å². The fraction of sp³-hybridized carbons (Fsp3) is 0.389. The third kappa shape index (κ3) is 3.26. The van der Waals surface area contributed by atoms with E-state index in [-0.39, 0.29) is 18.4 Å². The van der Waals surface area contributed by atoms with Gasteiger partial charge in [-0.3, -0.25) is 9.59 Å². The zero-order valence-electron chi connectivity index (χ0n) is 13.9. The number of alkyl halides is 1. The van der Waals surface area contributed by atoms with E-state index in [0.717, 1.165) is 11.3 Å². The topological polar surface area (TPSA) is 75.7 Å². The van der Waals surface area contributed by atoms with Crippen LogP contribution in [0, 0.1) is 0 Å². The van der Waals surface area contributed by atoms with Gasteiger partial charge in [-0.15, -0.1) is 11.6 Å². The maximum atomic E-state index is 12.8. The van der Waals surface area contributed by atoms with Crippen molar-refractivity contribution in [2.75, 3.05) is 11.4 Å². The van der Waals surface area contributed by atoms with E-state index >= 15 is 0 Å². The van der Waals surface area contributed by atoms with Crippen LogP contribution in [0.4, 0.5) is 10.5 Å². The molecule has 1 aromatic rings. The number of para-hydroxylation sites is 1. The zero-order chi connectivity index (χ0) is 18.0. The normalized spacial score (nSPS) is 19.9. The molecule has 0 radical (unpaired) electrons. The summed E-state index contributed by atoms with van der Waals surface area (Å²) in [6, 6.07) is 6.90. The molecule has 1 atom stereocenters. The quantitative estimate of drug-likeness (QED) is 0.660. The molecule has 1 aliphatic heterocycles. The van der Waals surface area contributed by atoms with Crippen molar-refractivity contribution in [3.63, 3.8) is 0 Å². The summed E-state index contributed by atoms with van der Waals surface area (Å²) in [7, 11) is 0. The van der Waals surface area contributed by atoms with Crippen molar-refractivity contribution < 1.29 is 19.1 Å². The Hall–Kier alpha value is -2.34. The molecule has 0 bridgehead atoms. The summed E-state index contributed by atoms with van der Waals surface area (Å²) in [6.07, 6.45) is 1.50. The summed E-state index contributed by atoms with van der Waals surface area (Å²) >= 11 is 6.27. The van der Waals surface area contributed by atoms with E-state index in [0.29, 0.717) is 41.8 Å². The standard InChI is InChI=1S/C18H19ClN2O4/c1-2-20-18(24)25-10-11-6-3-4-9-14(11)21-16(22)12-7-5-8-13(19)15(12)17(21)23/h3-4,6,9,13H,2,5,7-8,10H2,1H3,(H,20,24). The number of imide groups is 1. The Morgan fingerprint density at radius 2 is 2.08 bits per heavy atom. The number of halogens is 1. The van der Waals surface area contributed by atoms with Crippen molar-refractivity contribution in [2.24, 2.45) is 0 Å². The van der Waals surface area contributed by atoms with Crippen LogP contribution in [0.25, 0.3) is 0 Å². The monoisotopic (exact) mass is 362 g/mol. The first-order valence-electron chi connectivity index (χ1n) is 8.29. The number of alkyl carbamates (subject to hydrolysis) is 1. The molecule has 1 unspecified atom stereocenters. The smallest absolute Gasteiger partial charge is 0.407 e. The van der Waals surface area contributed by atoms with E-state index in [9.17, 15) is 14.4 Å². The lowest BCUT2D eigenvalue weighted by Crippen LogP contribution is -2.33. The molecule has 7 heteroatoms. The number of hydrogen-bond acceptors (Lipinski definition) is 4. The van der Waals surface area contributed by atoms with Gasteiger partial charge in [0, 0.05) is 23.3 Å². The molecular formula is C18H19ClN2O4. The third-order valence-corrected chi connectivity index (χ3v) is 4.77. The van der Waals surface area contributed by atoms with Crippen LogP contribution >= 0.6 is 11.6 Å². The van der Waals surface area contributed by atoms with Crippen molar-refractivity contribution >= 4 is 35.2 Å². The molecular weight excluding hydrogens is 344 g/mol. The molecule has 6 nitrogen and oxygen atoms in total. The molecule has 3 amide bonds. The SMILES string of the molecule is CCNC(=O)OCc1ccccc1N1C(=O)C2=C(C1=O)C(Cl)CCC2. The number of carbonyl (C=O) groups is 3. The lowest BCUT2D eigenvalue weighted by Gasteiger charge is -2.19. The molecule has 1 aliphatic carbocycles. The van der Waals surface area contributed by atoms with Gasteiger partial charge in [-0.25, -0.2) is 9.69 Å². The molecule has 0 spiro atoms. The summed E-state index contributed by atoms with van der Waals surface area (Å²) in [6.45, 7) is 2.21. The van der Waals surface area contributed by atoms with Crippen molar-refractivity contribution in [2.45, 2.75) is 38.2 Å². The van der Waals surface area contributed by atoms with E-state index in [1.54, 1.807) is 31.2 Å². The van der Waals surface area contributed by atoms with Crippen molar-refractivity contribution in [1.29, 1.82) is 0 Å². The van der Waals surface area contributed by atoms with Crippen LogP contribution in [0.2, 0.25) is 0 Å². The Morgan fingerprint density at radius 1 is 1.32 bits per heavy atom. The largest absolute Gasteiger partial charge is 0.445 e. The predicted octanol–water partition coefficient (Wildman–Crippen LogP) is 2.89. The van der Waals surface area contributed by atoms with Gasteiger partial charge in [0.2, 0.25) is 0 Å². The van der Waals surface area contributed by atoms with Crippen LogP contribution in [0.15, 0.2) is 35.4 Å². The summed E-state index contributed by atoms with van der Waals surface area (Å²) in [5, 5.41) is 2.11. The predicted molar refractivity (Wildman–Crippen MR) is 93.3 cm³/mol. The molecule has 132 valence electrons. The Morgan fingerprint density at radius 3 is 2.80 bits per heavy atom. The molecule has 1 heterocycles. The number of nitrogens with zero attached hydrogens (tertiary/aromatic N) is 1. The first-order chi connectivity index (χ1) is 12.0. The Balaban J connectivity index is 1.87. The average Bonchev–Trinajstić information content (AvgIpc) is 2.86. The van der Waals surface area contributed by atoms with E-state index < -0.39 is 11.5 Å². The van der Waals surface area contributed by atoms with Gasteiger partial charge in [0.05, 0.1) is 11.1 Å². The van der Waals surface area contributed by atoms with Crippen molar-refractivity contribution in [1.82, 2.24) is 5.32 Å². The molecule has 0 fully saturated rings. The van der Waals surface area contributed by atoms with Crippen LogP contribution in [-0.4, -0.2) is 29.8 Å². The van der Waals surface area contributed by atoms with Gasteiger partial charge in [0.1, 0.15) is 6.61 Å². The summed E-state index contributed by atoms with van der Waals surface area (Å²) in [4.78, 5) is 38.2. The van der Waals surface area contributed by atoms with Crippen LogP contribution in [0.3, 0.4) is 0 Å². The zero-order valence-corrected chi connectivity index (χ0v) is 14.6. The minimum absolute atomic E-state index is 0.0337. The second-order valence-corrected chi connectivity index (χ2v) is 6.46. The number of ether oxygens (including phenoxy) is 1. The van der Waals surface area contributed by atoms with Gasteiger partial charge in [-0.2, -0.15) is 0 Å². The molecule has 0 saturated heterocycles. The second-order valence-electron chi connectivity index (χ2n) is 5.93. The molecule has 2 aliphatic rings. The highest BCUT2D eigenvalue weighted by Crippen LogP contribution is 2.39. The number of amides is 3. The van der Waals surface area contributed by atoms with Gasteiger partial charge in [0.25, 0.3) is 11.8 Å². The van der Waals surface area contributed by atoms with Gasteiger partial charge in [-0.1, -0.05) is 18.2 Å². The van der Waals surface area contributed by atoms with Crippen molar-refractivity contribution in [3.8, 4) is 0 Å². The number of anilines is 1. The van der Waals surface area contributed by atoms with Gasteiger partial charge >= 0.3 is 6.09 Å². The van der Waals surface area contributed by atoms with E-state index in [2.05, 4.69) is 5.32 Å². The first-order valence-corrected chi connectivity index (χ1v) is 8.72. The second kappa shape index (κ2) is 7.27. The molecule has 1 aromatic carbocycles. The third-order valence-electron chi connectivity index (χ3n) is 4.33. The van der Waals surface area contributed by atoms with Gasteiger partial charge < -0.3 is 10.1 Å². The van der Waals surface area contributed by atoms with Crippen LogP contribution in [-0.2, 0) is 20.9 Å². The Bertz CT molecular complexity index is 759. The highest BCUT2D eigenvalue weighted by atomic mass is 35.5. The van der Waals surface area contributed by atoms with Crippen molar-refractivity contribution in [3.05, 3.63) is 41.0 Å². The lowest BCUT2D eigenvalue weighted by molar-refractivity contribution is -0.120. The van der Waals surface area contributed by atoms with E-state index in [1.165, 1.54) is 0 Å². The first kappa shape index (κ1) is 17.5. The fourth-order valence-electron chi connectivity index (χ4n) is 3.17.